The second-order valence-corrected chi connectivity index (χ2v) is 6.28. The molecule has 0 atom stereocenters. The van der Waals surface area contributed by atoms with Crippen LogP contribution in [-0.2, 0) is 4.79 Å². The molecule has 1 saturated heterocycles. The number of ketones is 1. The lowest BCUT2D eigenvalue weighted by Crippen LogP contribution is -2.49. The van der Waals surface area contributed by atoms with Gasteiger partial charge < -0.3 is 14.2 Å². The number of Topliss-reactive ketones (excluding diaryl/α,β-unsaturated/α-hetero) is 1. The van der Waals surface area contributed by atoms with Crippen LogP contribution in [0.5, 0.6) is 0 Å². The second kappa shape index (κ2) is 7.65. The van der Waals surface area contributed by atoms with Crippen molar-refractivity contribution in [3.63, 3.8) is 0 Å². The first-order valence-corrected chi connectivity index (χ1v) is 8.53. The smallest absolute Gasteiger partial charge is 0.318 e. The Labute approximate surface area is 150 Å². The van der Waals surface area contributed by atoms with Crippen LogP contribution in [0.4, 0.5) is 6.01 Å². The zero-order valence-electron chi connectivity index (χ0n) is 13.9. The highest BCUT2D eigenvalue weighted by Crippen LogP contribution is 2.18. The summed E-state index contributed by atoms with van der Waals surface area (Å²) in [5.74, 6) is 0.382. The van der Waals surface area contributed by atoms with Gasteiger partial charge in [0, 0.05) is 51.5 Å². The van der Waals surface area contributed by atoms with Crippen molar-refractivity contribution in [3.05, 3.63) is 40.7 Å². The Kier molecular flexibility index (Phi) is 5.33. The Morgan fingerprint density at radius 3 is 2.48 bits per heavy atom. The first-order valence-electron chi connectivity index (χ1n) is 8.15. The Morgan fingerprint density at radius 1 is 1.12 bits per heavy atom. The van der Waals surface area contributed by atoms with Crippen molar-refractivity contribution in [1.29, 1.82) is 0 Å². The molecule has 1 fully saturated rings. The molecule has 1 aliphatic rings. The van der Waals surface area contributed by atoms with Gasteiger partial charge in [0.05, 0.1) is 5.02 Å². The minimum absolute atomic E-state index is 0.0261. The van der Waals surface area contributed by atoms with Crippen LogP contribution >= 0.6 is 11.6 Å². The summed E-state index contributed by atoms with van der Waals surface area (Å²) in [7, 11) is 0. The number of anilines is 1. The molecule has 1 aromatic heterocycles. The molecule has 3 rings (SSSR count). The summed E-state index contributed by atoms with van der Waals surface area (Å²) >= 11 is 6.02. The zero-order chi connectivity index (χ0) is 17.8. The lowest BCUT2D eigenvalue weighted by atomic mass is 10.1. The van der Waals surface area contributed by atoms with Crippen molar-refractivity contribution < 1.29 is 14.0 Å². The van der Waals surface area contributed by atoms with Crippen LogP contribution in [0.15, 0.2) is 28.7 Å². The van der Waals surface area contributed by atoms with Gasteiger partial charge >= 0.3 is 6.01 Å². The highest BCUT2D eigenvalue weighted by atomic mass is 35.5. The van der Waals surface area contributed by atoms with Crippen LogP contribution in [-0.4, -0.2) is 53.0 Å². The second-order valence-electron chi connectivity index (χ2n) is 5.87. The Hall–Kier alpha value is -2.41. The number of benzene rings is 1. The number of hydrogen-bond acceptors (Lipinski definition) is 6. The van der Waals surface area contributed by atoms with Crippen LogP contribution in [0.25, 0.3) is 0 Å². The molecule has 2 aromatic rings. The highest BCUT2D eigenvalue weighted by molar-refractivity contribution is 6.34. The van der Waals surface area contributed by atoms with Gasteiger partial charge in [0.1, 0.15) is 0 Å². The van der Waals surface area contributed by atoms with Crippen LogP contribution in [0.2, 0.25) is 5.02 Å². The van der Waals surface area contributed by atoms with E-state index in [2.05, 4.69) is 10.2 Å². The van der Waals surface area contributed by atoms with Crippen molar-refractivity contribution >= 4 is 29.3 Å². The number of aryl methyl sites for hydroxylation is 1. The summed E-state index contributed by atoms with van der Waals surface area (Å²) in [5.41, 5.74) is 0.466. The Bertz CT molecular complexity index is 769. The molecule has 0 N–H and O–H groups in total. The number of carbonyl (C=O) groups excluding carboxylic acids is 2. The summed E-state index contributed by atoms with van der Waals surface area (Å²) < 4.78 is 5.40. The molecule has 8 heteroatoms. The molecule has 1 amide bonds. The van der Waals surface area contributed by atoms with Gasteiger partial charge in [-0.25, -0.2) is 0 Å². The lowest BCUT2D eigenvalue weighted by molar-refractivity contribution is -0.131. The molecular formula is C17H19ClN4O3. The van der Waals surface area contributed by atoms with Crippen LogP contribution in [0.1, 0.15) is 29.1 Å². The van der Waals surface area contributed by atoms with E-state index < -0.39 is 0 Å². The van der Waals surface area contributed by atoms with Gasteiger partial charge in [0.25, 0.3) is 0 Å². The zero-order valence-corrected chi connectivity index (χ0v) is 14.7. The van der Waals surface area contributed by atoms with Crippen LogP contribution in [0, 0.1) is 6.92 Å². The standard InChI is InChI=1S/C17H19ClN4O3/c1-12-19-20-17(25-12)22-10-8-21(9-11-22)16(24)7-6-15(23)13-4-2-3-5-14(13)18/h2-5H,6-11H2,1H3. The number of halogens is 1. The summed E-state index contributed by atoms with van der Waals surface area (Å²) in [5, 5.41) is 8.22. The Morgan fingerprint density at radius 2 is 1.84 bits per heavy atom. The van der Waals surface area contributed by atoms with E-state index in [1.807, 2.05) is 4.90 Å². The summed E-state index contributed by atoms with van der Waals surface area (Å²) in [6, 6.07) is 7.38. The van der Waals surface area contributed by atoms with E-state index in [9.17, 15) is 9.59 Å². The average molecular weight is 363 g/mol. The van der Waals surface area contributed by atoms with Gasteiger partial charge in [-0.05, 0) is 12.1 Å². The SMILES string of the molecule is Cc1nnc(N2CCN(C(=O)CCC(=O)c3ccccc3Cl)CC2)o1. The first-order chi connectivity index (χ1) is 12.0. The number of nitrogens with zero attached hydrogens (tertiary/aromatic N) is 4. The van der Waals surface area contributed by atoms with Crippen molar-refractivity contribution in [3.8, 4) is 0 Å². The fourth-order valence-corrected chi connectivity index (χ4v) is 3.00. The molecule has 0 radical (unpaired) electrons. The maximum absolute atomic E-state index is 12.3. The molecule has 0 aliphatic carbocycles. The minimum atomic E-state index is -0.112. The maximum Gasteiger partial charge on any atom is 0.318 e. The van der Waals surface area contributed by atoms with Gasteiger partial charge in [0.2, 0.25) is 11.8 Å². The monoisotopic (exact) mass is 362 g/mol. The van der Waals surface area contributed by atoms with E-state index in [0.29, 0.717) is 48.7 Å². The van der Waals surface area contributed by atoms with Gasteiger partial charge in [-0.1, -0.05) is 28.8 Å². The molecule has 1 aromatic carbocycles. The predicted octanol–water partition coefficient (Wildman–Crippen LogP) is 2.34. The number of aromatic nitrogens is 2. The number of piperazine rings is 1. The van der Waals surface area contributed by atoms with E-state index >= 15 is 0 Å². The molecule has 0 spiro atoms. The molecule has 25 heavy (non-hydrogen) atoms. The molecule has 132 valence electrons. The third kappa shape index (κ3) is 4.17. The van der Waals surface area contributed by atoms with Gasteiger partial charge in [-0.3, -0.25) is 9.59 Å². The van der Waals surface area contributed by atoms with E-state index in [0.717, 1.165) is 0 Å². The maximum atomic E-state index is 12.3. The van der Waals surface area contributed by atoms with Crippen LogP contribution in [0.3, 0.4) is 0 Å². The third-order valence-corrected chi connectivity index (χ3v) is 4.49. The number of rotatable bonds is 5. The Balaban J connectivity index is 1.48. The van der Waals surface area contributed by atoms with Gasteiger partial charge in [0.15, 0.2) is 5.78 Å². The molecular weight excluding hydrogens is 344 g/mol. The van der Waals surface area contributed by atoms with E-state index in [1.54, 1.807) is 36.1 Å². The molecule has 0 bridgehead atoms. The van der Waals surface area contributed by atoms with E-state index in [4.69, 9.17) is 16.0 Å². The quantitative estimate of drug-likeness (QED) is 0.759. The molecule has 1 aliphatic heterocycles. The van der Waals surface area contributed by atoms with Gasteiger partial charge in [-0.15, -0.1) is 5.10 Å². The van der Waals surface area contributed by atoms with Crippen molar-refractivity contribution in [2.24, 2.45) is 0 Å². The molecule has 7 nitrogen and oxygen atoms in total. The van der Waals surface area contributed by atoms with Crippen molar-refractivity contribution in [2.45, 2.75) is 19.8 Å². The molecule has 0 unspecified atom stereocenters. The fraction of sp³-hybridized carbons (Fsp3) is 0.412. The highest BCUT2D eigenvalue weighted by Gasteiger charge is 2.24. The van der Waals surface area contributed by atoms with E-state index in [1.165, 1.54) is 0 Å². The van der Waals surface area contributed by atoms with Crippen molar-refractivity contribution in [2.75, 3.05) is 31.1 Å². The van der Waals surface area contributed by atoms with Gasteiger partial charge in [-0.2, -0.15) is 0 Å². The number of amides is 1. The number of hydrogen-bond donors (Lipinski definition) is 0. The first kappa shape index (κ1) is 17.4. The van der Waals surface area contributed by atoms with Crippen LogP contribution < -0.4 is 4.90 Å². The molecule has 2 heterocycles. The largest absolute Gasteiger partial charge is 0.408 e. The number of carbonyl (C=O) groups is 2. The minimum Gasteiger partial charge on any atom is -0.408 e. The topological polar surface area (TPSA) is 79.5 Å². The van der Waals surface area contributed by atoms with E-state index in [-0.39, 0.29) is 24.5 Å². The summed E-state index contributed by atoms with van der Waals surface area (Å²) in [4.78, 5) is 28.3. The summed E-state index contributed by atoms with van der Waals surface area (Å²) in [6.07, 6.45) is 0.343. The summed E-state index contributed by atoms with van der Waals surface area (Å²) in [6.45, 7) is 4.14. The fourth-order valence-electron chi connectivity index (χ4n) is 2.76. The normalized spacial score (nSPS) is 14.6. The van der Waals surface area contributed by atoms with Crippen molar-refractivity contribution in [1.82, 2.24) is 15.1 Å². The predicted molar refractivity (Wildman–Crippen MR) is 92.8 cm³/mol. The molecule has 0 saturated carbocycles. The third-order valence-electron chi connectivity index (χ3n) is 4.16. The average Bonchev–Trinajstić information content (AvgIpc) is 3.06. The lowest BCUT2D eigenvalue weighted by Gasteiger charge is -2.33.